The van der Waals surface area contributed by atoms with Crippen LogP contribution in [0.25, 0.3) is 5.57 Å². The summed E-state index contributed by atoms with van der Waals surface area (Å²) in [5.74, 6) is -0.0255. The lowest BCUT2D eigenvalue weighted by molar-refractivity contribution is 0.0469. The third-order valence-corrected chi connectivity index (χ3v) is 9.18. The van der Waals surface area contributed by atoms with Crippen molar-refractivity contribution in [1.82, 2.24) is 28.7 Å². The number of anilines is 1. The molecule has 2 unspecified atom stereocenters. The van der Waals surface area contributed by atoms with Gasteiger partial charge in [0.1, 0.15) is 11.5 Å². The average molecular weight is 557 g/mol. The number of carbonyl (C=O) groups is 1. The third-order valence-electron chi connectivity index (χ3n) is 9.18. The predicted octanol–water partition coefficient (Wildman–Crippen LogP) is 1.71. The van der Waals surface area contributed by atoms with Crippen molar-refractivity contribution in [1.29, 1.82) is 0 Å². The number of aliphatic hydroxyl groups excluding tert-OH is 1. The number of aliphatic hydroxyl groups is 1. The van der Waals surface area contributed by atoms with E-state index in [9.17, 15) is 14.7 Å². The van der Waals surface area contributed by atoms with Crippen LogP contribution in [-0.4, -0.2) is 78.3 Å². The Morgan fingerprint density at radius 1 is 1.07 bits per heavy atom. The number of nitrogens with zero attached hydrogens (tertiary/aromatic N) is 7. The summed E-state index contributed by atoms with van der Waals surface area (Å²) >= 11 is 0. The maximum absolute atomic E-state index is 14.4. The highest BCUT2D eigenvalue weighted by molar-refractivity contribution is 5.99. The van der Waals surface area contributed by atoms with Crippen LogP contribution < -0.4 is 10.9 Å². The van der Waals surface area contributed by atoms with Gasteiger partial charge in [0.15, 0.2) is 5.66 Å². The molecule has 0 aromatic carbocycles. The molecule has 0 saturated carbocycles. The molecule has 214 valence electrons. The highest BCUT2D eigenvalue weighted by Crippen LogP contribution is 2.40. The molecule has 41 heavy (non-hydrogen) atoms. The van der Waals surface area contributed by atoms with Crippen molar-refractivity contribution < 1.29 is 9.90 Å². The van der Waals surface area contributed by atoms with Crippen LogP contribution in [-0.2, 0) is 39.5 Å². The van der Waals surface area contributed by atoms with Crippen molar-refractivity contribution >= 4 is 23.5 Å². The fourth-order valence-corrected chi connectivity index (χ4v) is 7.02. The number of hydrogen-bond acceptors (Lipinski definition) is 7. The first-order valence-electron chi connectivity index (χ1n) is 14.5. The molecular weight excluding hydrogens is 520 g/mol. The first kappa shape index (κ1) is 26.0. The molecule has 11 nitrogen and oxygen atoms in total. The Morgan fingerprint density at radius 3 is 2.76 bits per heavy atom. The van der Waals surface area contributed by atoms with Crippen LogP contribution in [0.2, 0.25) is 0 Å². The Kier molecular flexibility index (Phi) is 6.24. The SMILES string of the molecule is CN1CCn2nc(NC3(N4CCn5c(cc6c5CCCC6)C4=O)C=NC=C(c4ccc(=O)n(C)c4)C3CO)cc2C1. The minimum Gasteiger partial charge on any atom is -0.396 e. The summed E-state index contributed by atoms with van der Waals surface area (Å²) in [7, 11) is 3.79. The molecule has 0 fully saturated rings. The standard InChI is InChI=1S/C30H36N8O3/c1-34-9-12-38-22(17-34)14-27(33-38)32-30(19-31-15-23(24(30)18-39)21-7-8-28(40)35(2)16-21)37-11-10-36-25-6-4-3-5-20(25)13-26(36)29(37)41/h7-8,13-16,19,24,39H,3-6,9-12,17-18H2,1-2H3,(H,32,33). The van der Waals surface area contributed by atoms with Crippen LogP contribution >= 0.6 is 0 Å². The summed E-state index contributed by atoms with van der Waals surface area (Å²) in [6.45, 7) is 3.36. The highest BCUT2D eigenvalue weighted by atomic mass is 16.3. The van der Waals surface area contributed by atoms with Crippen molar-refractivity contribution in [2.45, 2.75) is 51.0 Å². The van der Waals surface area contributed by atoms with E-state index in [-0.39, 0.29) is 18.1 Å². The van der Waals surface area contributed by atoms with Gasteiger partial charge in [-0.3, -0.25) is 24.2 Å². The summed E-state index contributed by atoms with van der Waals surface area (Å²) in [6.07, 6.45) is 9.52. The summed E-state index contributed by atoms with van der Waals surface area (Å²) < 4.78 is 5.72. The van der Waals surface area contributed by atoms with E-state index in [0.29, 0.717) is 24.6 Å². The Balaban J connectivity index is 1.33. The van der Waals surface area contributed by atoms with Crippen LogP contribution in [0.4, 0.5) is 5.82 Å². The molecule has 3 aromatic rings. The van der Waals surface area contributed by atoms with Gasteiger partial charge in [0.05, 0.1) is 31.0 Å². The Labute approximate surface area is 238 Å². The molecule has 0 bridgehead atoms. The van der Waals surface area contributed by atoms with E-state index in [0.717, 1.165) is 62.1 Å². The van der Waals surface area contributed by atoms with Gasteiger partial charge < -0.3 is 24.5 Å². The summed E-state index contributed by atoms with van der Waals surface area (Å²) in [4.78, 5) is 35.3. The van der Waals surface area contributed by atoms with Crippen LogP contribution in [0.15, 0.2) is 46.4 Å². The number of hydrogen-bond donors (Lipinski definition) is 2. The maximum Gasteiger partial charge on any atom is 0.272 e. The first-order chi connectivity index (χ1) is 19.9. The molecule has 11 heteroatoms. The molecule has 6 heterocycles. The molecule has 0 radical (unpaired) electrons. The zero-order valence-corrected chi connectivity index (χ0v) is 23.6. The number of likely N-dealkylation sites (N-methyl/N-ethyl adjacent to an activating group) is 1. The van der Waals surface area contributed by atoms with Gasteiger partial charge in [-0.05, 0) is 61.6 Å². The van der Waals surface area contributed by atoms with Gasteiger partial charge in [0.25, 0.3) is 5.91 Å². The minimum atomic E-state index is -1.18. The number of aryl methyl sites for hydroxylation is 2. The molecule has 1 aliphatic carbocycles. The summed E-state index contributed by atoms with van der Waals surface area (Å²) in [5.41, 5.74) is 4.55. The van der Waals surface area contributed by atoms with Gasteiger partial charge in [-0.1, -0.05) is 0 Å². The molecule has 2 N–H and O–H groups in total. The van der Waals surface area contributed by atoms with E-state index in [1.165, 1.54) is 21.9 Å². The molecular formula is C30H36N8O3. The quantitative estimate of drug-likeness (QED) is 0.495. The minimum absolute atomic E-state index is 0.0894. The van der Waals surface area contributed by atoms with Crippen LogP contribution in [0.3, 0.4) is 0 Å². The molecule has 3 aromatic heterocycles. The topological polar surface area (TPSA) is 113 Å². The lowest BCUT2D eigenvalue weighted by atomic mass is 9.80. The molecule has 4 aliphatic rings. The second-order valence-electron chi connectivity index (χ2n) is 11.7. The Hall–Kier alpha value is -3.96. The molecule has 2 atom stereocenters. The van der Waals surface area contributed by atoms with Crippen molar-refractivity contribution in [3.8, 4) is 0 Å². The van der Waals surface area contributed by atoms with Crippen molar-refractivity contribution in [2.24, 2.45) is 18.0 Å². The van der Waals surface area contributed by atoms with Crippen molar-refractivity contribution in [2.75, 3.05) is 32.1 Å². The van der Waals surface area contributed by atoms with Gasteiger partial charge >= 0.3 is 0 Å². The van der Waals surface area contributed by atoms with Crippen LogP contribution in [0.5, 0.6) is 0 Å². The first-order valence-corrected chi connectivity index (χ1v) is 14.5. The van der Waals surface area contributed by atoms with Gasteiger partial charge in [-0.2, -0.15) is 5.10 Å². The number of nitrogens with one attached hydrogen (secondary N) is 1. The summed E-state index contributed by atoms with van der Waals surface area (Å²) in [6, 6.07) is 7.37. The third kappa shape index (κ3) is 4.17. The number of aromatic nitrogens is 4. The molecule has 7 rings (SSSR count). The van der Waals surface area contributed by atoms with E-state index < -0.39 is 11.6 Å². The fraction of sp³-hybridized carbons (Fsp3) is 0.467. The number of pyridine rings is 1. The fourth-order valence-electron chi connectivity index (χ4n) is 7.02. The Bertz CT molecular complexity index is 1650. The van der Waals surface area contributed by atoms with E-state index in [2.05, 4.69) is 32.9 Å². The number of aliphatic imine (C=N–C) groups is 1. The zero-order valence-electron chi connectivity index (χ0n) is 23.6. The largest absolute Gasteiger partial charge is 0.396 e. The summed E-state index contributed by atoms with van der Waals surface area (Å²) in [5, 5.41) is 19.5. The van der Waals surface area contributed by atoms with E-state index >= 15 is 0 Å². The molecule has 3 aliphatic heterocycles. The predicted molar refractivity (Wildman–Crippen MR) is 156 cm³/mol. The second-order valence-corrected chi connectivity index (χ2v) is 11.7. The molecule has 0 spiro atoms. The maximum atomic E-state index is 14.4. The normalized spacial score (nSPS) is 24.1. The van der Waals surface area contributed by atoms with Gasteiger partial charge in [-0.15, -0.1) is 0 Å². The van der Waals surface area contributed by atoms with Crippen LogP contribution in [0.1, 0.15) is 45.8 Å². The van der Waals surface area contributed by atoms with Crippen LogP contribution in [0, 0.1) is 5.92 Å². The molecule has 0 saturated heterocycles. The Morgan fingerprint density at radius 2 is 1.93 bits per heavy atom. The number of carbonyl (C=O) groups excluding carboxylic acids is 1. The number of amides is 1. The molecule has 1 amide bonds. The second kappa shape index (κ2) is 9.85. The van der Waals surface area contributed by atoms with E-state index in [4.69, 9.17) is 5.10 Å². The van der Waals surface area contributed by atoms with Crippen molar-refractivity contribution in [3.05, 3.63) is 75.2 Å². The number of rotatable bonds is 5. The van der Waals surface area contributed by atoms with Gasteiger partial charge in [0.2, 0.25) is 5.56 Å². The van der Waals surface area contributed by atoms with E-state index in [1.54, 1.807) is 31.7 Å². The average Bonchev–Trinajstić information content (AvgIpc) is 3.55. The lowest BCUT2D eigenvalue weighted by Crippen LogP contribution is -2.66. The van der Waals surface area contributed by atoms with Crippen molar-refractivity contribution in [3.63, 3.8) is 0 Å². The van der Waals surface area contributed by atoms with Gasteiger partial charge in [-0.25, -0.2) is 0 Å². The smallest absolute Gasteiger partial charge is 0.272 e. The van der Waals surface area contributed by atoms with E-state index in [1.807, 2.05) is 15.6 Å². The van der Waals surface area contributed by atoms with Gasteiger partial charge in [0, 0.05) is 63.5 Å². The highest BCUT2D eigenvalue weighted by Gasteiger charge is 2.50. The zero-order chi connectivity index (χ0) is 28.3. The lowest BCUT2D eigenvalue weighted by Gasteiger charge is -2.49. The number of fused-ring (bicyclic) bond motifs is 4. The monoisotopic (exact) mass is 556 g/mol.